The van der Waals surface area contributed by atoms with Crippen LogP contribution in [0.25, 0.3) is 20.8 Å². The van der Waals surface area contributed by atoms with E-state index in [-0.39, 0.29) is 40.8 Å². The summed E-state index contributed by atoms with van der Waals surface area (Å²) in [5.74, 6) is 0.221. The maximum absolute atomic E-state index is 15.5. The number of piperidine rings is 1. The van der Waals surface area contributed by atoms with Crippen molar-refractivity contribution in [2.45, 2.75) is 90.4 Å². The van der Waals surface area contributed by atoms with Crippen LogP contribution in [0.5, 0.6) is 0 Å². The second-order valence-electron chi connectivity index (χ2n) is 8.73. The second-order valence-corrected chi connectivity index (χ2v) is 9.75. The van der Waals surface area contributed by atoms with Crippen LogP contribution in [0.1, 0.15) is 58.4 Å². The summed E-state index contributed by atoms with van der Waals surface area (Å²) in [5.41, 5.74) is 6.23. The number of thiophene rings is 1. The van der Waals surface area contributed by atoms with Gasteiger partial charge in [-0.15, -0.1) is 11.3 Å². The Morgan fingerprint density at radius 3 is 2.53 bits per heavy atom. The second kappa shape index (κ2) is 11.9. The number of hydrogen-bond acceptors (Lipinski definition) is 7. The molecule has 1 aromatic carbocycles. The summed E-state index contributed by atoms with van der Waals surface area (Å²) in [7, 11) is 1.96. The Balaban J connectivity index is 0.00000176. The molecule has 1 aliphatic heterocycles. The molecule has 0 aliphatic carbocycles. The quantitative estimate of drug-likeness (QED) is 0.338. The van der Waals surface area contributed by atoms with Crippen molar-refractivity contribution in [1.82, 2.24) is 15.0 Å². The van der Waals surface area contributed by atoms with E-state index in [0.717, 1.165) is 17.8 Å². The number of nitrogens with one attached hydrogen (secondary N) is 1. The lowest BCUT2D eigenvalue weighted by Gasteiger charge is -2.45. The molecular formula is C25H35F4N5OS. The van der Waals surface area contributed by atoms with Crippen LogP contribution in [0, 0.1) is 0 Å². The van der Waals surface area contributed by atoms with E-state index in [1.165, 1.54) is 0 Å². The molecule has 1 aliphatic rings. The molecule has 6 nitrogen and oxygen atoms in total. The Bertz CT molecular complexity index is 1130. The molecule has 0 radical (unpaired) electrons. The van der Waals surface area contributed by atoms with Gasteiger partial charge >= 0.3 is 6.18 Å². The number of fused-ring (bicyclic) bond motifs is 1. The summed E-state index contributed by atoms with van der Waals surface area (Å²) >= 11 is 1.15. The Kier molecular flexibility index (Phi) is 9.34. The van der Waals surface area contributed by atoms with Crippen LogP contribution >= 0.6 is 11.3 Å². The highest BCUT2D eigenvalue weighted by atomic mass is 32.1. The molecule has 3 heterocycles. The summed E-state index contributed by atoms with van der Waals surface area (Å²) in [6, 6.07) is 4.69. The van der Waals surface area contributed by atoms with Gasteiger partial charge in [0.2, 0.25) is 11.7 Å². The lowest BCUT2D eigenvalue weighted by molar-refractivity contribution is -0.126. The number of likely N-dealkylation sites (tertiary alicyclic amines) is 1. The van der Waals surface area contributed by atoms with Crippen LogP contribution in [-0.2, 0) is 13.0 Å². The van der Waals surface area contributed by atoms with E-state index in [1.807, 2.05) is 27.8 Å². The van der Waals surface area contributed by atoms with Gasteiger partial charge < -0.3 is 15.6 Å². The van der Waals surface area contributed by atoms with Crippen molar-refractivity contribution < 1.29 is 22.1 Å². The van der Waals surface area contributed by atoms with Crippen LogP contribution in [0.2, 0.25) is 0 Å². The first-order chi connectivity index (χ1) is 17.2. The summed E-state index contributed by atoms with van der Waals surface area (Å²) < 4.78 is 61.6. The molecule has 1 saturated heterocycles. The number of aromatic nitrogens is 2. The molecule has 3 N–H and O–H groups in total. The molecule has 3 aromatic rings. The summed E-state index contributed by atoms with van der Waals surface area (Å²) in [6.45, 7) is 8.04. The van der Waals surface area contributed by atoms with Crippen molar-refractivity contribution in [1.29, 1.82) is 0 Å². The Labute approximate surface area is 213 Å². The fraction of sp³-hybridized carbons (Fsp3) is 0.600. The first-order valence-corrected chi connectivity index (χ1v) is 13.2. The first-order valence-electron chi connectivity index (χ1n) is 12.4. The number of nitrogens with two attached hydrogens (primary N) is 1. The van der Waals surface area contributed by atoms with Crippen LogP contribution in [0.15, 0.2) is 22.7 Å². The number of benzene rings is 1. The smallest absolute Gasteiger partial charge is 0.378 e. The molecule has 4 unspecified atom stereocenters. The lowest BCUT2D eigenvalue weighted by Crippen LogP contribution is -2.57. The Morgan fingerprint density at radius 2 is 1.94 bits per heavy atom. The van der Waals surface area contributed by atoms with Gasteiger partial charge in [-0.05, 0) is 43.3 Å². The number of nitrogens with zero attached hydrogens (tertiary/aromatic N) is 3. The molecule has 200 valence electrons. The van der Waals surface area contributed by atoms with Crippen LogP contribution in [0.3, 0.4) is 0 Å². The van der Waals surface area contributed by atoms with Crippen LogP contribution in [0.4, 0.5) is 23.2 Å². The van der Waals surface area contributed by atoms with E-state index in [0.29, 0.717) is 28.6 Å². The molecular weight excluding hydrogens is 494 g/mol. The minimum Gasteiger partial charge on any atom is -0.378 e. The standard InChI is InChI=1S/C23H29F4N5OS.C2H6/c1-4-12-9-16(19(24)17(5-2)32(12)3)29-15-8-6-7-13-14(10-23(25,26)27)21(34-20(13)15)22-30-18(11-28)33-31-22;1-2/h6-8,12,16-17,19,29H,4-5,9-11,28H2,1-3H3;1-2H3. The van der Waals surface area contributed by atoms with Crippen molar-refractivity contribution in [3.8, 4) is 10.7 Å². The Morgan fingerprint density at radius 1 is 1.22 bits per heavy atom. The largest absolute Gasteiger partial charge is 0.393 e. The molecule has 1 fully saturated rings. The number of halogens is 4. The molecule has 11 heteroatoms. The molecule has 36 heavy (non-hydrogen) atoms. The van der Waals surface area contributed by atoms with E-state index in [9.17, 15) is 13.2 Å². The van der Waals surface area contributed by atoms with E-state index in [4.69, 9.17) is 10.3 Å². The van der Waals surface area contributed by atoms with Crippen molar-refractivity contribution in [2.75, 3.05) is 12.4 Å². The SMILES string of the molecule is CC.CCC1CC(Nc2cccc3c(CC(F)(F)F)c(-c4noc(CN)n4)sc23)C(F)C(CC)N1C. The fourth-order valence-corrected chi connectivity index (χ4v) is 6.15. The monoisotopic (exact) mass is 529 g/mol. The maximum Gasteiger partial charge on any atom is 0.393 e. The molecule has 0 bridgehead atoms. The average Bonchev–Trinajstić information content (AvgIpc) is 3.47. The highest BCUT2D eigenvalue weighted by Gasteiger charge is 2.40. The molecule has 0 saturated carbocycles. The average molecular weight is 530 g/mol. The summed E-state index contributed by atoms with van der Waals surface area (Å²) in [4.78, 5) is 6.54. The van der Waals surface area contributed by atoms with Gasteiger partial charge in [0.25, 0.3) is 0 Å². The third-order valence-electron chi connectivity index (χ3n) is 6.65. The number of rotatable bonds is 7. The van der Waals surface area contributed by atoms with Crippen molar-refractivity contribution in [3.63, 3.8) is 0 Å². The van der Waals surface area contributed by atoms with E-state index < -0.39 is 24.8 Å². The Hall–Kier alpha value is -2.24. The van der Waals surface area contributed by atoms with Gasteiger partial charge in [0.1, 0.15) is 6.17 Å². The molecule has 0 amide bonds. The highest BCUT2D eigenvalue weighted by molar-refractivity contribution is 7.23. The predicted octanol–water partition coefficient (Wildman–Crippen LogP) is 6.55. The molecule has 0 spiro atoms. The first kappa shape index (κ1) is 28.3. The zero-order valence-electron chi connectivity index (χ0n) is 21.3. The molecule has 4 atom stereocenters. The van der Waals surface area contributed by atoms with Gasteiger partial charge in [-0.3, -0.25) is 4.90 Å². The van der Waals surface area contributed by atoms with E-state index >= 15 is 4.39 Å². The fourth-order valence-electron chi connectivity index (χ4n) is 4.93. The van der Waals surface area contributed by atoms with Crippen molar-refractivity contribution >= 4 is 27.1 Å². The number of anilines is 1. The van der Waals surface area contributed by atoms with E-state index in [1.54, 1.807) is 18.2 Å². The third-order valence-corrected chi connectivity index (χ3v) is 7.93. The zero-order chi connectivity index (χ0) is 26.6. The molecule has 2 aromatic heterocycles. The van der Waals surface area contributed by atoms with Gasteiger partial charge in [0, 0.05) is 12.1 Å². The maximum atomic E-state index is 15.5. The minimum atomic E-state index is -4.42. The normalized spacial score (nSPS) is 22.9. The summed E-state index contributed by atoms with van der Waals surface area (Å²) in [6.07, 6.45) is -4.48. The van der Waals surface area contributed by atoms with Gasteiger partial charge in [0.15, 0.2) is 0 Å². The molecule has 4 rings (SSSR count). The van der Waals surface area contributed by atoms with E-state index in [2.05, 4.69) is 27.3 Å². The van der Waals surface area contributed by atoms with Crippen LogP contribution in [-0.4, -0.2) is 52.6 Å². The van der Waals surface area contributed by atoms with Gasteiger partial charge in [-0.1, -0.05) is 45.0 Å². The third kappa shape index (κ3) is 5.84. The van der Waals surface area contributed by atoms with Crippen molar-refractivity contribution in [2.24, 2.45) is 5.73 Å². The topological polar surface area (TPSA) is 80.2 Å². The lowest BCUT2D eigenvalue weighted by atomic mass is 9.87. The van der Waals surface area contributed by atoms with Gasteiger partial charge in [0.05, 0.1) is 34.3 Å². The number of hydrogen-bond donors (Lipinski definition) is 2. The number of alkyl halides is 4. The minimum absolute atomic E-state index is 0.00941. The predicted molar refractivity (Wildman–Crippen MR) is 137 cm³/mol. The van der Waals surface area contributed by atoms with Crippen molar-refractivity contribution in [3.05, 3.63) is 29.7 Å². The zero-order valence-corrected chi connectivity index (χ0v) is 22.1. The highest BCUT2D eigenvalue weighted by Crippen LogP contribution is 2.44. The van der Waals surface area contributed by atoms with Gasteiger partial charge in [-0.2, -0.15) is 18.2 Å². The van der Waals surface area contributed by atoms with Gasteiger partial charge in [-0.25, -0.2) is 4.39 Å². The van der Waals surface area contributed by atoms with Crippen LogP contribution < -0.4 is 11.1 Å². The summed E-state index contributed by atoms with van der Waals surface area (Å²) in [5, 5.41) is 7.63.